The van der Waals surface area contributed by atoms with Crippen LogP contribution in [-0.4, -0.2) is 61.7 Å². The number of benzene rings is 1. The lowest BCUT2D eigenvalue weighted by molar-refractivity contribution is -0.128. The van der Waals surface area contributed by atoms with Gasteiger partial charge in [0.2, 0.25) is 21.7 Å². The summed E-state index contributed by atoms with van der Waals surface area (Å²) in [6.07, 6.45) is 0.0573. The smallest absolute Gasteiger partial charge is 0.408 e. The van der Waals surface area contributed by atoms with Crippen molar-refractivity contribution in [2.75, 3.05) is 12.8 Å². The highest BCUT2D eigenvalue weighted by Crippen LogP contribution is 2.41. The third-order valence-corrected chi connectivity index (χ3v) is 5.72. The molecule has 11 heteroatoms. The fourth-order valence-electron chi connectivity index (χ4n) is 3.76. The minimum atomic E-state index is -4.17. The number of nitrogens with zero attached hydrogens (tertiary/aromatic N) is 1. The van der Waals surface area contributed by atoms with E-state index in [0.717, 1.165) is 11.2 Å². The molecule has 8 nitrogen and oxygen atoms in total. The van der Waals surface area contributed by atoms with Gasteiger partial charge in [0.15, 0.2) is 6.17 Å². The fourth-order valence-corrected chi connectivity index (χ4v) is 4.52. The molecule has 1 aromatic rings. The molecule has 1 saturated heterocycles. The first-order valence-corrected chi connectivity index (χ1v) is 12.2. The summed E-state index contributed by atoms with van der Waals surface area (Å²) in [5, 5.41) is 2.44. The van der Waals surface area contributed by atoms with Gasteiger partial charge in [0.05, 0.1) is 12.0 Å². The number of sulfonamides is 1. The van der Waals surface area contributed by atoms with Gasteiger partial charge in [0.1, 0.15) is 11.6 Å². The number of hydrogen-bond donors (Lipinski definition) is 2. The van der Waals surface area contributed by atoms with Gasteiger partial charge in [-0.15, -0.1) is 0 Å². The normalized spacial score (nSPS) is 26.0. The number of hydrogen-bond acceptors (Lipinski definition) is 5. The number of likely N-dealkylation sites (tertiary alicyclic amines) is 1. The number of ether oxygens (including phenoxy) is 1. The molecule has 1 fully saturated rings. The summed E-state index contributed by atoms with van der Waals surface area (Å²) in [4.78, 5) is 25.9. The largest absolute Gasteiger partial charge is 0.444 e. The molecule has 1 heterocycles. The summed E-state index contributed by atoms with van der Waals surface area (Å²) in [5.74, 6) is -3.79. The Hall–Kier alpha value is -2.79. The van der Waals surface area contributed by atoms with Gasteiger partial charge < -0.3 is 15.0 Å². The van der Waals surface area contributed by atoms with E-state index in [9.17, 15) is 18.0 Å². The molecule has 0 radical (unpaired) electrons. The van der Waals surface area contributed by atoms with Gasteiger partial charge in [-0.1, -0.05) is 36.4 Å². The highest BCUT2D eigenvalue weighted by Gasteiger charge is 2.52. The molecule has 0 bridgehead atoms. The van der Waals surface area contributed by atoms with E-state index >= 15 is 8.78 Å². The minimum absolute atomic E-state index is 0.00894. The van der Waals surface area contributed by atoms with Crippen LogP contribution in [0.1, 0.15) is 32.8 Å². The number of allylic oxidation sites excluding steroid dienone is 2. The SMILES string of the molecule is CC(C)(C)OC(=O)NC1CCN(C2=CC=C(c3ccccc3)C(F)(NS(C)(=O)=O)C2F)C1=O. The average molecular weight is 484 g/mol. The number of nitrogens with one attached hydrogen (secondary N) is 2. The van der Waals surface area contributed by atoms with E-state index in [2.05, 4.69) is 5.32 Å². The van der Waals surface area contributed by atoms with Crippen LogP contribution >= 0.6 is 0 Å². The molecule has 33 heavy (non-hydrogen) atoms. The van der Waals surface area contributed by atoms with Gasteiger partial charge in [0.25, 0.3) is 0 Å². The molecule has 2 amide bonds. The Labute approximate surface area is 191 Å². The van der Waals surface area contributed by atoms with Crippen LogP contribution in [0.25, 0.3) is 5.57 Å². The average Bonchev–Trinajstić information content (AvgIpc) is 3.02. The second kappa shape index (κ2) is 8.86. The van der Waals surface area contributed by atoms with Crippen molar-refractivity contribution in [1.29, 1.82) is 0 Å². The Morgan fingerprint density at radius 1 is 1.21 bits per heavy atom. The van der Waals surface area contributed by atoms with Crippen LogP contribution in [0.5, 0.6) is 0 Å². The van der Waals surface area contributed by atoms with E-state index in [-0.39, 0.29) is 29.8 Å². The Kier molecular flexibility index (Phi) is 6.67. The summed E-state index contributed by atoms with van der Waals surface area (Å²) in [7, 11) is -4.17. The predicted octanol–water partition coefficient (Wildman–Crippen LogP) is 2.65. The number of carbonyl (C=O) groups excluding carboxylic acids is 2. The van der Waals surface area contributed by atoms with E-state index in [1.165, 1.54) is 24.3 Å². The van der Waals surface area contributed by atoms with Crippen LogP contribution in [0.3, 0.4) is 0 Å². The fraction of sp³-hybridized carbons (Fsp3) is 0.455. The van der Waals surface area contributed by atoms with E-state index in [1.807, 2.05) is 0 Å². The maximum atomic E-state index is 16.1. The quantitative estimate of drug-likeness (QED) is 0.627. The zero-order chi connectivity index (χ0) is 24.6. The summed E-state index contributed by atoms with van der Waals surface area (Å²) in [6, 6.07) is 6.98. The number of alkyl halides is 2. The van der Waals surface area contributed by atoms with Crippen LogP contribution < -0.4 is 10.0 Å². The van der Waals surface area contributed by atoms with Crippen LogP contribution in [0.2, 0.25) is 0 Å². The molecule has 180 valence electrons. The lowest BCUT2D eigenvalue weighted by Gasteiger charge is -2.37. The molecule has 1 aliphatic heterocycles. The Morgan fingerprint density at radius 2 is 1.85 bits per heavy atom. The second-order valence-corrected chi connectivity index (χ2v) is 10.7. The molecule has 1 aliphatic carbocycles. The van der Waals surface area contributed by atoms with Crippen LogP contribution in [0.15, 0.2) is 48.2 Å². The van der Waals surface area contributed by atoms with Crippen molar-refractivity contribution in [3.63, 3.8) is 0 Å². The van der Waals surface area contributed by atoms with Crippen molar-refractivity contribution in [3.8, 4) is 0 Å². The van der Waals surface area contributed by atoms with Gasteiger partial charge in [-0.25, -0.2) is 22.0 Å². The highest BCUT2D eigenvalue weighted by atomic mass is 32.2. The monoisotopic (exact) mass is 483 g/mol. The van der Waals surface area contributed by atoms with Crippen molar-refractivity contribution in [2.24, 2.45) is 0 Å². The molecule has 0 spiro atoms. The zero-order valence-electron chi connectivity index (χ0n) is 18.8. The molecule has 1 aromatic carbocycles. The van der Waals surface area contributed by atoms with E-state index in [0.29, 0.717) is 0 Å². The molecule has 3 rings (SSSR count). The Morgan fingerprint density at radius 3 is 2.42 bits per heavy atom. The molecule has 3 atom stereocenters. The maximum absolute atomic E-state index is 16.1. The van der Waals surface area contributed by atoms with Gasteiger partial charge in [-0.3, -0.25) is 4.79 Å². The van der Waals surface area contributed by atoms with Gasteiger partial charge in [-0.2, -0.15) is 4.72 Å². The van der Waals surface area contributed by atoms with Crippen LogP contribution in [0, 0.1) is 0 Å². The first kappa shape index (κ1) is 24.8. The van der Waals surface area contributed by atoms with E-state index in [4.69, 9.17) is 4.74 Å². The van der Waals surface area contributed by atoms with Crippen molar-refractivity contribution in [3.05, 3.63) is 53.7 Å². The molecule has 2 aliphatic rings. The van der Waals surface area contributed by atoms with Crippen molar-refractivity contribution >= 4 is 27.6 Å². The third-order valence-electron chi connectivity index (χ3n) is 5.05. The van der Waals surface area contributed by atoms with Gasteiger partial charge in [-0.05, 0) is 38.8 Å². The summed E-state index contributed by atoms with van der Waals surface area (Å²) >= 11 is 0. The number of rotatable bonds is 5. The highest BCUT2D eigenvalue weighted by molar-refractivity contribution is 7.88. The number of carbonyl (C=O) groups is 2. The second-order valence-electron chi connectivity index (χ2n) is 8.96. The molecule has 0 saturated carbocycles. The molecular formula is C22H27F2N3O5S. The van der Waals surface area contributed by atoms with Crippen molar-refractivity contribution in [2.45, 2.75) is 50.8 Å². The lowest BCUT2D eigenvalue weighted by Crippen LogP contribution is -2.56. The Bertz CT molecular complexity index is 1100. The molecule has 0 aromatic heterocycles. The number of halogens is 2. The van der Waals surface area contributed by atoms with Crippen molar-refractivity contribution < 1.29 is 31.5 Å². The minimum Gasteiger partial charge on any atom is -0.444 e. The molecule has 2 N–H and O–H groups in total. The lowest BCUT2D eigenvalue weighted by atomic mass is 9.87. The standard InChI is InChI=1S/C22H27F2N3O5S/c1-21(2,3)32-20(29)25-16-12-13-27(19(16)28)17-11-10-15(14-8-6-5-7-9-14)22(24,18(17)23)26-33(4,30)31/h5-11,16,18,26H,12-13H2,1-4H3,(H,25,29). The summed E-state index contributed by atoms with van der Waals surface area (Å²) in [6.45, 7) is 5.02. The summed E-state index contributed by atoms with van der Waals surface area (Å²) < 4.78 is 62.5. The predicted molar refractivity (Wildman–Crippen MR) is 119 cm³/mol. The topological polar surface area (TPSA) is 105 Å². The van der Waals surface area contributed by atoms with Gasteiger partial charge >= 0.3 is 6.09 Å². The maximum Gasteiger partial charge on any atom is 0.408 e. The third kappa shape index (κ3) is 5.59. The van der Waals surface area contributed by atoms with E-state index < -0.39 is 45.6 Å². The van der Waals surface area contributed by atoms with E-state index in [1.54, 1.807) is 43.7 Å². The Balaban J connectivity index is 1.91. The first-order valence-electron chi connectivity index (χ1n) is 10.3. The first-order chi connectivity index (χ1) is 15.2. The van der Waals surface area contributed by atoms with Crippen LogP contribution in [-0.2, 0) is 19.6 Å². The molecular weight excluding hydrogens is 456 g/mol. The van der Waals surface area contributed by atoms with Gasteiger partial charge in [0, 0.05) is 12.1 Å². The van der Waals surface area contributed by atoms with Crippen LogP contribution in [0.4, 0.5) is 13.6 Å². The number of amides is 2. The summed E-state index contributed by atoms with van der Waals surface area (Å²) in [5.41, 5.74) is -1.05. The van der Waals surface area contributed by atoms with Crippen molar-refractivity contribution in [1.82, 2.24) is 14.9 Å². The zero-order valence-corrected chi connectivity index (χ0v) is 19.6. The number of alkyl carbamates (subject to hydrolysis) is 1. The molecule has 3 unspecified atom stereocenters.